The lowest BCUT2D eigenvalue weighted by Gasteiger charge is -2.04. The van der Waals surface area contributed by atoms with Crippen LogP contribution in [-0.2, 0) is 4.79 Å². The second-order valence-electron chi connectivity index (χ2n) is 5.98. The number of hydrogen-bond acceptors (Lipinski definition) is 6. The molecule has 0 radical (unpaired) electrons. The van der Waals surface area contributed by atoms with Crippen LogP contribution in [0.2, 0.25) is 0 Å². The second-order valence-corrected chi connectivity index (χ2v) is 5.98. The van der Waals surface area contributed by atoms with Crippen molar-refractivity contribution < 1.29 is 9.21 Å². The first-order valence-corrected chi connectivity index (χ1v) is 8.03. The van der Waals surface area contributed by atoms with Gasteiger partial charge in [-0.3, -0.25) is 9.78 Å². The van der Waals surface area contributed by atoms with Crippen molar-refractivity contribution in [2.45, 2.75) is 6.92 Å². The normalized spacial score (nSPS) is 10.9. The second kappa shape index (κ2) is 7.60. The molecule has 3 rings (SSSR count). The van der Waals surface area contributed by atoms with E-state index in [2.05, 4.69) is 20.5 Å². The average molecular weight is 349 g/mol. The number of carbonyl (C=O) groups excluding carboxylic acids is 1. The number of benzene rings is 1. The molecule has 0 bridgehead atoms. The maximum absolute atomic E-state index is 12.0. The number of aryl methyl sites for hydroxylation is 1. The smallest absolute Gasteiger partial charge is 0.317 e. The monoisotopic (exact) mass is 349 g/mol. The summed E-state index contributed by atoms with van der Waals surface area (Å²) in [6.45, 7) is 1.96. The SMILES string of the molecule is Cc1cncc(C=CC(=O)Nc2ccc(-c3nnc(N(C)C)o3)cc2)c1. The number of carbonyl (C=O) groups is 1. The Kier molecular flexibility index (Phi) is 5.07. The molecule has 7 nitrogen and oxygen atoms in total. The first-order chi connectivity index (χ1) is 12.5. The van der Waals surface area contributed by atoms with E-state index in [4.69, 9.17) is 4.42 Å². The lowest BCUT2D eigenvalue weighted by Crippen LogP contribution is -2.08. The Morgan fingerprint density at radius 3 is 2.58 bits per heavy atom. The maximum atomic E-state index is 12.0. The van der Waals surface area contributed by atoms with Crippen molar-refractivity contribution in [1.29, 1.82) is 0 Å². The van der Waals surface area contributed by atoms with Crippen LogP contribution in [0.3, 0.4) is 0 Å². The number of anilines is 2. The molecule has 2 aromatic heterocycles. The van der Waals surface area contributed by atoms with E-state index < -0.39 is 0 Å². The molecular formula is C19H19N5O2. The molecule has 3 aromatic rings. The van der Waals surface area contributed by atoms with Crippen LogP contribution in [0.25, 0.3) is 17.5 Å². The highest BCUT2D eigenvalue weighted by Gasteiger charge is 2.09. The molecular weight excluding hydrogens is 330 g/mol. The minimum absolute atomic E-state index is 0.216. The Bertz CT molecular complexity index is 929. The fraction of sp³-hybridized carbons (Fsp3) is 0.158. The number of aromatic nitrogens is 3. The van der Waals surface area contributed by atoms with Gasteiger partial charge in [0.2, 0.25) is 11.8 Å². The van der Waals surface area contributed by atoms with Gasteiger partial charge in [-0.05, 0) is 54.5 Å². The van der Waals surface area contributed by atoms with Gasteiger partial charge < -0.3 is 14.6 Å². The Balaban J connectivity index is 1.64. The van der Waals surface area contributed by atoms with Gasteiger partial charge >= 0.3 is 6.01 Å². The standard InChI is InChI=1S/C19H19N5O2/c1-13-10-14(12-20-11-13)4-9-17(25)21-16-7-5-15(6-8-16)18-22-23-19(26-18)24(2)3/h4-12H,1-3H3,(H,21,25). The largest absolute Gasteiger partial charge is 0.403 e. The number of nitrogens with zero attached hydrogens (tertiary/aromatic N) is 4. The van der Waals surface area contributed by atoms with Gasteiger partial charge in [-0.2, -0.15) is 0 Å². The molecule has 0 aliphatic heterocycles. The van der Waals surface area contributed by atoms with E-state index >= 15 is 0 Å². The number of amides is 1. The average Bonchev–Trinajstić information content (AvgIpc) is 3.11. The molecule has 0 unspecified atom stereocenters. The fourth-order valence-corrected chi connectivity index (χ4v) is 2.23. The summed E-state index contributed by atoms with van der Waals surface area (Å²) in [6, 6.07) is 9.60. The van der Waals surface area contributed by atoms with Crippen molar-refractivity contribution in [3.63, 3.8) is 0 Å². The van der Waals surface area contributed by atoms with Crippen molar-refractivity contribution in [3.8, 4) is 11.5 Å². The molecule has 1 aromatic carbocycles. The Morgan fingerprint density at radius 1 is 1.15 bits per heavy atom. The van der Waals surface area contributed by atoms with Crippen LogP contribution >= 0.6 is 0 Å². The highest BCUT2D eigenvalue weighted by molar-refractivity contribution is 6.02. The highest BCUT2D eigenvalue weighted by Crippen LogP contribution is 2.22. The van der Waals surface area contributed by atoms with Crippen LogP contribution in [0.15, 0.2) is 53.2 Å². The molecule has 1 amide bonds. The molecule has 0 spiro atoms. The predicted molar refractivity (Wildman–Crippen MR) is 101 cm³/mol. The maximum Gasteiger partial charge on any atom is 0.317 e. The van der Waals surface area contributed by atoms with E-state index in [-0.39, 0.29) is 5.91 Å². The topological polar surface area (TPSA) is 84.2 Å². The van der Waals surface area contributed by atoms with Crippen LogP contribution in [0, 0.1) is 6.92 Å². The molecule has 2 heterocycles. The molecule has 7 heteroatoms. The summed E-state index contributed by atoms with van der Waals surface area (Å²) in [5, 5.41) is 10.8. The van der Waals surface area contributed by atoms with Gasteiger partial charge in [0.1, 0.15) is 0 Å². The molecule has 0 saturated heterocycles. The number of pyridine rings is 1. The minimum atomic E-state index is -0.216. The lowest BCUT2D eigenvalue weighted by molar-refractivity contribution is -0.111. The third-order valence-corrected chi connectivity index (χ3v) is 3.52. The van der Waals surface area contributed by atoms with Crippen molar-refractivity contribution in [3.05, 3.63) is 59.9 Å². The van der Waals surface area contributed by atoms with Gasteiger partial charge in [0.15, 0.2) is 0 Å². The first kappa shape index (κ1) is 17.3. The van der Waals surface area contributed by atoms with Gasteiger partial charge in [-0.25, -0.2) is 0 Å². The summed E-state index contributed by atoms with van der Waals surface area (Å²) in [6.07, 6.45) is 6.68. The summed E-state index contributed by atoms with van der Waals surface area (Å²) < 4.78 is 5.55. The third-order valence-electron chi connectivity index (χ3n) is 3.52. The third kappa shape index (κ3) is 4.32. The molecule has 0 fully saturated rings. The van der Waals surface area contributed by atoms with Crippen molar-refractivity contribution in [2.24, 2.45) is 0 Å². The van der Waals surface area contributed by atoms with Gasteiger partial charge in [0, 0.05) is 43.8 Å². The highest BCUT2D eigenvalue weighted by atomic mass is 16.4. The number of nitrogens with one attached hydrogen (secondary N) is 1. The molecule has 0 aliphatic rings. The Labute approximate surface area is 151 Å². The molecule has 26 heavy (non-hydrogen) atoms. The Hall–Kier alpha value is -3.48. The van der Waals surface area contributed by atoms with Crippen LogP contribution in [0.4, 0.5) is 11.7 Å². The van der Waals surface area contributed by atoms with Crippen LogP contribution < -0.4 is 10.2 Å². The minimum Gasteiger partial charge on any atom is -0.403 e. The zero-order chi connectivity index (χ0) is 18.5. The van der Waals surface area contributed by atoms with E-state index in [1.165, 1.54) is 6.08 Å². The van der Waals surface area contributed by atoms with Crippen molar-refractivity contribution in [2.75, 3.05) is 24.3 Å². The van der Waals surface area contributed by atoms with E-state index in [1.54, 1.807) is 35.5 Å². The van der Waals surface area contributed by atoms with Crippen LogP contribution in [0.1, 0.15) is 11.1 Å². The van der Waals surface area contributed by atoms with E-state index in [9.17, 15) is 4.79 Å². The summed E-state index contributed by atoms with van der Waals surface area (Å²) in [5.74, 6) is 0.213. The van der Waals surface area contributed by atoms with Crippen molar-refractivity contribution in [1.82, 2.24) is 15.2 Å². The summed E-state index contributed by atoms with van der Waals surface area (Å²) in [4.78, 5) is 17.9. The van der Waals surface area contributed by atoms with Crippen molar-refractivity contribution >= 4 is 23.7 Å². The van der Waals surface area contributed by atoms with Gasteiger partial charge in [0.05, 0.1) is 0 Å². The molecule has 0 aliphatic carbocycles. The quantitative estimate of drug-likeness (QED) is 0.712. The molecule has 0 atom stereocenters. The molecule has 1 N–H and O–H groups in total. The van der Waals surface area contributed by atoms with Gasteiger partial charge in [-0.15, -0.1) is 5.10 Å². The summed E-state index contributed by atoms with van der Waals surface area (Å²) >= 11 is 0. The van der Waals surface area contributed by atoms with Crippen LogP contribution in [-0.4, -0.2) is 35.2 Å². The first-order valence-electron chi connectivity index (χ1n) is 8.03. The van der Waals surface area contributed by atoms with E-state index in [0.29, 0.717) is 17.6 Å². The zero-order valence-electron chi connectivity index (χ0n) is 14.8. The van der Waals surface area contributed by atoms with Crippen LogP contribution in [0.5, 0.6) is 0 Å². The zero-order valence-corrected chi connectivity index (χ0v) is 14.8. The molecule has 0 saturated carbocycles. The van der Waals surface area contributed by atoms with Gasteiger partial charge in [-0.1, -0.05) is 5.10 Å². The molecule has 132 valence electrons. The summed E-state index contributed by atoms with van der Waals surface area (Å²) in [5.41, 5.74) is 3.38. The van der Waals surface area contributed by atoms with E-state index in [1.807, 2.05) is 39.2 Å². The summed E-state index contributed by atoms with van der Waals surface area (Å²) in [7, 11) is 3.66. The lowest BCUT2D eigenvalue weighted by atomic mass is 10.2. The number of rotatable bonds is 5. The predicted octanol–water partition coefficient (Wildman–Crippen LogP) is 3.16. The van der Waals surface area contributed by atoms with E-state index in [0.717, 1.165) is 16.7 Å². The van der Waals surface area contributed by atoms with Gasteiger partial charge in [0.25, 0.3) is 0 Å². The number of hydrogen-bond donors (Lipinski definition) is 1. The Morgan fingerprint density at radius 2 is 1.92 bits per heavy atom. The fourth-order valence-electron chi connectivity index (χ4n) is 2.23.